The summed E-state index contributed by atoms with van der Waals surface area (Å²) in [6.07, 6.45) is 0. The predicted molar refractivity (Wildman–Crippen MR) is 58.7 cm³/mol. The molecule has 0 aliphatic rings. The van der Waals surface area contributed by atoms with Crippen LogP contribution in [0.5, 0.6) is 0 Å². The Hall–Kier alpha value is -0.0500. The summed E-state index contributed by atoms with van der Waals surface area (Å²) in [6.45, 7) is 4.05. The molecule has 0 heterocycles. The third-order valence-corrected chi connectivity index (χ3v) is 2.60. The highest BCUT2D eigenvalue weighted by molar-refractivity contribution is 9.10. The SMILES string of the molecule is Cc1cc([C@H](C)N)ccc1Br.Cl. The van der Waals surface area contributed by atoms with Gasteiger partial charge in [-0.2, -0.15) is 0 Å². The highest BCUT2D eigenvalue weighted by Crippen LogP contribution is 2.19. The molecule has 0 aromatic heterocycles. The lowest BCUT2D eigenvalue weighted by molar-refractivity contribution is 0.816. The van der Waals surface area contributed by atoms with Crippen molar-refractivity contribution in [3.8, 4) is 0 Å². The van der Waals surface area contributed by atoms with Crippen LogP contribution in [0.25, 0.3) is 0 Å². The van der Waals surface area contributed by atoms with Crippen molar-refractivity contribution < 1.29 is 0 Å². The Morgan fingerprint density at radius 2 is 2.00 bits per heavy atom. The maximum atomic E-state index is 5.72. The molecule has 1 aromatic carbocycles. The fourth-order valence-electron chi connectivity index (χ4n) is 0.951. The average molecular weight is 251 g/mol. The third-order valence-electron chi connectivity index (χ3n) is 1.71. The summed E-state index contributed by atoms with van der Waals surface area (Å²) in [7, 11) is 0. The fraction of sp³-hybridized carbons (Fsp3) is 0.333. The summed E-state index contributed by atoms with van der Waals surface area (Å²) < 4.78 is 1.14. The van der Waals surface area contributed by atoms with E-state index >= 15 is 0 Å². The predicted octanol–water partition coefficient (Wildman–Crippen LogP) is 3.20. The molecule has 0 radical (unpaired) electrons. The largest absolute Gasteiger partial charge is 0.324 e. The monoisotopic (exact) mass is 249 g/mol. The molecule has 0 aliphatic carbocycles. The minimum absolute atomic E-state index is 0. The van der Waals surface area contributed by atoms with Crippen molar-refractivity contribution >= 4 is 28.3 Å². The van der Waals surface area contributed by atoms with Crippen LogP contribution in [0.15, 0.2) is 22.7 Å². The van der Waals surface area contributed by atoms with E-state index in [4.69, 9.17) is 5.73 Å². The second-order valence-corrected chi connectivity index (χ2v) is 3.65. The molecule has 2 N–H and O–H groups in total. The van der Waals surface area contributed by atoms with Gasteiger partial charge in [-0.15, -0.1) is 12.4 Å². The van der Waals surface area contributed by atoms with Crippen molar-refractivity contribution in [2.75, 3.05) is 0 Å². The van der Waals surface area contributed by atoms with E-state index < -0.39 is 0 Å². The highest BCUT2D eigenvalue weighted by Gasteiger charge is 2.00. The van der Waals surface area contributed by atoms with Crippen LogP contribution in [0.3, 0.4) is 0 Å². The van der Waals surface area contributed by atoms with Gasteiger partial charge in [0.25, 0.3) is 0 Å². The molecule has 12 heavy (non-hydrogen) atoms. The summed E-state index contributed by atoms with van der Waals surface area (Å²) in [5.41, 5.74) is 8.14. The number of rotatable bonds is 1. The molecule has 0 spiro atoms. The number of hydrogen-bond acceptors (Lipinski definition) is 1. The molecule has 1 aromatic rings. The van der Waals surface area contributed by atoms with Gasteiger partial charge in [0.05, 0.1) is 0 Å². The summed E-state index contributed by atoms with van der Waals surface area (Å²) in [6, 6.07) is 6.31. The van der Waals surface area contributed by atoms with E-state index in [-0.39, 0.29) is 18.4 Å². The average Bonchev–Trinajstić information content (AvgIpc) is 1.94. The van der Waals surface area contributed by atoms with E-state index in [1.807, 2.05) is 19.1 Å². The normalized spacial score (nSPS) is 12.0. The zero-order chi connectivity index (χ0) is 8.43. The lowest BCUT2D eigenvalue weighted by Crippen LogP contribution is -2.04. The van der Waals surface area contributed by atoms with Gasteiger partial charge in [0, 0.05) is 10.5 Å². The highest BCUT2D eigenvalue weighted by atomic mass is 79.9. The first-order valence-electron chi connectivity index (χ1n) is 3.63. The van der Waals surface area contributed by atoms with Gasteiger partial charge in [-0.05, 0) is 31.0 Å². The molecule has 0 aliphatic heterocycles. The summed E-state index contributed by atoms with van der Waals surface area (Å²) in [5, 5.41) is 0. The lowest BCUT2D eigenvalue weighted by Gasteiger charge is -2.06. The Balaban J connectivity index is 0.00000121. The van der Waals surface area contributed by atoms with Crippen molar-refractivity contribution in [2.45, 2.75) is 19.9 Å². The molecule has 0 unspecified atom stereocenters. The molecule has 1 rings (SSSR count). The molecule has 0 saturated carbocycles. The topological polar surface area (TPSA) is 26.0 Å². The first-order chi connectivity index (χ1) is 5.11. The zero-order valence-electron chi connectivity index (χ0n) is 7.17. The molecule has 0 fully saturated rings. The van der Waals surface area contributed by atoms with Crippen LogP contribution in [-0.4, -0.2) is 0 Å². The number of hydrogen-bond donors (Lipinski definition) is 1. The molecule has 1 nitrogen and oxygen atoms in total. The number of halogens is 2. The molecule has 3 heteroatoms. The first-order valence-corrected chi connectivity index (χ1v) is 4.42. The number of aryl methyl sites for hydroxylation is 1. The van der Waals surface area contributed by atoms with Crippen LogP contribution in [0.2, 0.25) is 0 Å². The van der Waals surface area contributed by atoms with Gasteiger partial charge in [-0.25, -0.2) is 0 Å². The van der Waals surface area contributed by atoms with Crippen molar-refractivity contribution in [3.05, 3.63) is 33.8 Å². The van der Waals surface area contributed by atoms with E-state index in [0.717, 1.165) is 4.47 Å². The van der Waals surface area contributed by atoms with Gasteiger partial charge in [0.15, 0.2) is 0 Å². The van der Waals surface area contributed by atoms with Crippen LogP contribution in [0.4, 0.5) is 0 Å². The van der Waals surface area contributed by atoms with Crippen molar-refractivity contribution in [1.82, 2.24) is 0 Å². The van der Waals surface area contributed by atoms with Crippen molar-refractivity contribution in [2.24, 2.45) is 5.73 Å². The minimum Gasteiger partial charge on any atom is -0.324 e. The Kier molecular flexibility index (Phi) is 4.83. The first kappa shape index (κ1) is 11.9. The van der Waals surface area contributed by atoms with E-state index in [0.29, 0.717) is 0 Å². The Morgan fingerprint density at radius 1 is 1.42 bits per heavy atom. The van der Waals surface area contributed by atoms with Gasteiger partial charge >= 0.3 is 0 Å². The number of nitrogens with two attached hydrogens (primary N) is 1. The van der Waals surface area contributed by atoms with Crippen LogP contribution < -0.4 is 5.73 Å². The second-order valence-electron chi connectivity index (χ2n) is 2.80. The van der Waals surface area contributed by atoms with Crippen LogP contribution in [0.1, 0.15) is 24.1 Å². The third kappa shape index (κ3) is 2.77. The Morgan fingerprint density at radius 3 is 2.42 bits per heavy atom. The quantitative estimate of drug-likeness (QED) is 0.814. The van der Waals surface area contributed by atoms with Crippen LogP contribution in [-0.2, 0) is 0 Å². The summed E-state index contributed by atoms with van der Waals surface area (Å²) in [5.74, 6) is 0. The smallest absolute Gasteiger partial charge is 0.0266 e. The van der Waals surface area contributed by atoms with Crippen molar-refractivity contribution in [3.63, 3.8) is 0 Å². The lowest BCUT2D eigenvalue weighted by atomic mass is 10.1. The molecule has 1 atom stereocenters. The van der Waals surface area contributed by atoms with Crippen molar-refractivity contribution in [1.29, 1.82) is 0 Å². The maximum absolute atomic E-state index is 5.72. The molecule has 0 saturated heterocycles. The van der Waals surface area contributed by atoms with Gasteiger partial charge in [-0.1, -0.05) is 28.1 Å². The molecular formula is C9H13BrClN. The van der Waals surface area contributed by atoms with Crippen LogP contribution in [0, 0.1) is 6.92 Å². The number of benzene rings is 1. The van der Waals surface area contributed by atoms with Gasteiger partial charge in [-0.3, -0.25) is 0 Å². The fourth-order valence-corrected chi connectivity index (χ4v) is 1.20. The van der Waals surface area contributed by atoms with E-state index in [2.05, 4.69) is 28.9 Å². The maximum Gasteiger partial charge on any atom is 0.0266 e. The second kappa shape index (κ2) is 4.85. The van der Waals surface area contributed by atoms with E-state index in [9.17, 15) is 0 Å². The zero-order valence-corrected chi connectivity index (χ0v) is 9.58. The molecular weight excluding hydrogens is 237 g/mol. The van der Waals surface area contributed by atoms with E-state index in [1.54, 1.807) is 0 Å². The molecule has 0 amide bonds. The summed E-state index contributed by atoms with van der Waals surface area (Å²) >= 11 is 3.44. The van der Waals surface area contributed by atoms with Gasteiger partial charge in [0.1, 0.15) is 0 Å². The molecule has 68 valence electrons. The Bertz CT molecular complexity index is 261. The Labute approximate surface area is 87.9 Å². The standard InChI is InChI=1S/C9H12BrN.ClH/c1-6-5-8(7(2)11)3-4-9(6)10;/h3-5,7H,11H2,1-2H3;1H/t7-;/m0./s1. The minimum atomic E-state index is 0. The van der Waals surface area contributed by atoms with Crippen LogP contribution >= 0.6 is 28.3 Å². The van der Waals surface area contributed by atoms with E-state index in [1.165, 1.54) is 11.1 Å². The summed E-state index contributed by atoms with van der Waals surface area (Å²) in [4.78, 5) is 0. The van der Waals surface area contributed by atoms with Gasteiger partial charge < -0.3 is 5.73 Å². The van der Waals surface area contributed by atoms with Gasteiger partial charge in [0.2, 0.25) is 0 Å². The molecule has 0 bridgehead atoms.